The normalized spacial score (nSPS) is 16.4. The highest BCUT2D eigenvalue weighted by Gasteiger charge is 2.19. The van der Waals surface area contributed by atoms with Crippen LogP contribution in [0.4, 0.5) is 0 Å². The Hall–Kier alpha value is -0.880. The lowest BCUT2D eigenvalue weighted by Crippen LogP contribution is -2.37. The smallest absolute Gasteiger partial charge is 0.103 e. The molecule has 0 aliphatic carbocycles. The molecule has 0 fully saturated rings. The van der Waals surface area contributed by atoms with Gasteiger partial charge in [0.15, 0.2) is 0 Å². The molecular weight excluding hydrogens is 210 g/mol. The Bertz CT molecular complexity index is 294. The topological polar surface area (TPSA) is 48.2 Å². The predicted molar refractivity (Wildman–Crippen MR) is 74.4 cm³/mol. The van der Waals surface area contributed by atoms with Crippen LogP contribution in [0.15, 0.2) is 4.99 Å². The molecule has 0 aromatic carbocycles. The van der Waals surface area contributed by atoms with Crippen LogP contribution in [0.5, 0.6) is 0 Å². The maximum Gasteiger partial charge on any atom is 0.103 e. The molecule has 0 aliphatic heterocycles. The molecule has 0 aromatic rings. The van der Waals surface area contributed by atoms with E-state index in [0.717, 1.165) is 25.7 Å². The summed E-state index contributed by atoms with van der Waals surface area (Å²) in [5.74, 6) is 0. The number of rotatable bonds is 6. The van der Waals surface area contributed by atoms with Gasteiger partial charge in [-0.1, -0.05) is 6.42 Å². The van der Waals surface area contributed by atoms with Gasteiger partial charge in [0.05, 0.1) is 11.6 Å². The number of unbranched alkanes of at least 4 members (excludes halogenated alkanes) is 1. The summed E-state index contributed by atoms with van der Waals surface area (Å²) in [6.45, 7) is 10.4. The second-order valence-electron chi connectivity index (χ2n) is 5.92. The zero-order chi connectivity index (χ0) is 13.5. The third-order valence-corrected chi connectivity index (χ3v) is 2.79. The Morgan fingerprint density at radius 1 is 1.24 bits per heavy atom. The van der Waals surface area contributed by atoms with E-state index < -0.39 is 0 Å². The summed E-state index contributed by atoms with van der Waals surface area (Å²) in [6.07, 6.45) is 4.08. The Labute approximate surface area is 106 Å². The number of hydrogen-bond donors (Lipinski definition) is 1. The first-order chi connectivity index (χ1) is 7.72. The Morgan fingerprint density at radius 3 is 2.24 bits per heavy atom. The van der Waals surface area contributed by atoms with Crippen molar-refractivity contribution in [1.29, 1.82) is 5.26 Å². The third-order valence-electron chi connectivity index (χ3n) is 2.79. The van der Waals surface area contributed by atoms with Crippen LogP contribution >= 0.6 is 0 Å². The monoisotopic (exact) mass is 237 g/mol. The molecule has 1 unspecified atom stereocenters. The van der Waals surface area contributed by atoms with Crippen molar-refractivity contribution in [3.63, 3.8) is 0 Å². The van der Waals surface area contributed by atoms with Crippen LogP contribution in [0.2, 0.25) is 0 Å². The van der Waals surface area contributed by atoms with Crippen molar-refractivity contribution < 1.29 is 0 Å². The average Bonchev–Trinajstić information content (AvgIpc) is 2.21. The largest absolute Gasteiger partial charge is 0.303 e. The van der Waals surface area contributed by atoms with Gasteiger partial charge in [0, 0.05) is 5.71 Å². The number of hydrogen-bond acceptors (Lipinski definition) is 3. The van der Waals surface area contributed by atoms with Crippen molar-refractivity contribution in [2.24, 2.45) is 4.99 Å². The standard InChI is InChI=1S/C14H27N3/c1-12(17-13(2,3)4)9-7-8-10-14(5,11-15)16-6/h16H,7-10H2,1-6H3. The first-order valence-corrected chi connectivity index (χ1v) is 6.38. The molecule has 0 saturated heterocycles. The van der Waals surface area contributed by atoms with E-state index >= 15 is 0 Å². The van der Waals surface area contributed by atoms with Gasteiger partial charge in [-0.25, -0.2) is 0 Å². The average molecular weight is 237 g/mol. The fraction of sp³-hybridized carbons (Fsp3) is 0.857. The Morgan fingerprint density at radius 2 is 1.82 bits per heavy atom. The van der Waals surface area contributed by atoms with Gasteiger partial charge in [-0.2, -0.15) is 5.26 Å². The minimum absolute atomic E-state index is 0.0240. The van der Waals surface area contributed by atoms with Gasteiger partial charge >= 0.3 is 0 Å². The Kier molecular flexibility index (Phi) is 6.41. The van der Waals surface area contributed by atoms with E-state index in [9.17, 15) is 0 Å². The van der Waals surface area contributed by atoms with Gasteiger partial charge in [0.2, 0.25) is 0 Å². The molecule has 0 saturated carbocycles. The van der Waals surface area contributed by atoms with Crippen LogP contribution in [-0.2, 0) is 0 Å². The highest BCUT2D eigenvalue weighted by molar-refractivity contribution is 5.82. The summed E-state index contributed by atoms with van der Waals surface area (Å²) < 4.78 is 0. The number of aliphatic imine (C=N–C) groups is 1. The van der Waals surface area contributed by atoms with E-state index in [2.05, 4.69) is 44.1 Å². The van der Waals surface area contributed by atoms with Gasteiger partial charge in [0.25, 0.3) is 0 Å². The minimum Gasteiger partial charge on any atom is -0.303 e. The quantitative estimate of drug-likeness (QED) is 0.569. The van der Waals surface area contributed by atoms with Crippen molar-refractivity contribution in [2.45, 2.75) is 71.4 Å². The molecule has 1 atom stereocenters. The molecule has 17 heavy (non-hydrogen) atoms. The molecule has 1 N–H and O–H groups in total. The molecule has 0 aromatic heterocycles. The van der Waals surface area contributed by atoms with Crippen LogP contribution in [0, 0.1) is 11.3 Å². The van der Waals surface area contributed by atoms with E-state index in [1.807, 2.05) is 14.0 Å². The molecule has 0 spiro atoms. The van der Waals surface area contributed by atoms with Gasteiger partial charge in [-0.15, -0.1) is 0 Å². The molecule has 0 heterocycles. The van der Waals surface area contributed by atoms with Gasteiger partial charge in [-0.3, -0.25) is 4.99 Å². The van der Waals surface area contributed by atoms with Crippen molar-refractivity contribution in [1.82, 2.24) is 5.32 Å². The van der Waals surface area contributed by atoms with Gasteiger partial charge in [0.1, 0.15) is 5.54 Å². The molecule has 3 heteroatoms. The molecule has 3 nitrogen and oxygen atoms in total. The lowest BCUT2D eigenvalue weighted by Gasteiger charge is -2.20. The third kappa shape index (κ3) is 7.93. The molecule has 0 radical (unpaired) electrons. The van der Waals surface area contributed by atoms with Crippen molar-refractivity contribution in [2.75, 3.05) is 7.05 Å². The summed E-state index contributed by atoms with van der Waals surface area (Å²) in [5, 5.41) is 12.1. The SMILES string of the molecule is CNC(C)(C#N)CCCCC(C)=NC(C)(C)C. The van der Waals surface area contributed by atoms with Crippen molar-refractivity contribution in [3.8, 4) is 6.07 Å². The van der Waals surface area contributed by atoms with E-state index in [0.29, 0.717) is 0 Å². The van der Waals surface area contributed by atoms with Crippen molar-refractivity contribution in [3.05, 3.63) is 0 Å². The Balaban J connectivity index is 3.95. The van der Waals surface area contributed by atoms with E-state index in [1.54, 1.807) is 0 Å². The van der Waals surface area contributed by atoms with Crippen molar-refractivity contribution >= 4 is 5.71 Å². The van der Waals surface area contributed by atoms with Crippen LogP contribution in [-0.4, -0.2) is 23.8 Å². The van der Waals surface area contributed by atoms with Crippen LogP contribution in [0.1, 0.15) is 60.3 Å². The molecule has 0 rings (SSSR count). The molecule has 98 valence electrons. The summed E-state index contributed by atoms with van der Waals surface area (Å²) in [7, 11) is 1.84. The first kappa shape index (κ1) is 16.1. The molecular formula is C14H27N3. The van der Waals surface area contributed by atoms with Crippen LogP contribution in [0.25, 0.3) is 0 Å². The lowest BCUT2D eigenvalue weighted by atomic mass is 9.96. The number of nitriles is 1. The lowest BCUT2D eigenvalue weighted by molar-refractivity contribution is 0.435. The summed E-state index contributed by atoms with van der Waals surface area (Å²) >= 11 is 0. The zero-order valence-corrected chi connectivity index (χ0v) is 12.2. The maximum atomic E-state index is 9.01. The zero-order valence-electron chi connectivity index (χ0n) is 12.2. The highest BCUT2D eigenvalue weighted by atomic mass is 14.9. The maximum absolute atomic E-state index is 9.01. The summed E-state index contributed by atoms with van der Waals surface area (Å²) in [6, 6.07) is 2.31. The number of nitrogens with zero attached hydrogens (tertiary/aromatic N) is 2. The minimum atomic E-state index is -0.380. The first-order valence-electron chi connectivity index (χ1n) is 6.38. The predicted octanol–water partition coefficient (Wildman–Crippen LogP) is 3.31. The van der Waals surface area contributed by atoms with E-state index in [4.69, 9.17) is 5.26 Å². The second-order valence-corrected chi connectivity index (χ2v) is 5.92. The van der Waals surface area contributed by atoms with Crippen LogP contribution in [0.3, 0.4) is 0 Å². The summed E-state index contributed by atoms with van der Waals surface area (Å²) in [4.78, 5) is 4.62. The van der Waals surface area contributed by atoms with E-state index in [-0.39, 0.29) is 11.1 Å². The van der Waals surface area contributed by atoms with Crippen LogP contribution < -0.4 is 5.32 Å². The fourth-order valence-corrected chi connectivity index (χ4v) is 1.72. The molecule has 0 aliphatic rings. The summed E-state index contributed by atoms with van der Waals surface area (Å²) in [5.41, 5.74) is 0.853. The second kappa shape index (κ2) is 6.76. The number of nitrogens with one attached hydrogen (secondary N) is 1. The molecule has 0 bridgehead atoms. The van der Waals surface area contributed by atoms with Gasteiger partial charge < -0.3 is 5.32 Å². The molecule has 0 amide bonds. The van der Waals surface area contributed by atoms with Gasteiger partial charge in [-0.05, 0) is 60.9 Å². The van der Waals surface area contributed by atoms with E-state index in [1.165, 1.54) is 5.71 Å². The highest BCUT2D eigenvalue weighted by Crippen LogP contribution is 2.14. The fourth-order valence-electron chi connectivity index (χ4n) is 1.72.